The van der Waals surface area contributed by atoms with Crippen molar-refractivity contribution in [3.8, 4) is 5.75 Å². The third-order valence-electron chi connectivity index (χ3n) is 2.34. The number of hydrogen-bond acceptors (Lipinski definition) is 3. The van der Waals surface area contributed by atoms with Crippen LogP contribution in [0.15, 0.2) is 30.3 Å². The van der Waals surface area contributed by atoms with Gasteiger partial charge in [-0.2, -0.15) is 34.8 Å². The Morgan fingerprint density at radius 3 is 1.71 bits per heavy atom. The molecule has 21 heavy (non-hydrogen) atoms. The van der Waals surface area contributed by atoms with E-state index >= 15 is 0 Å². The summed E-state index contributed by atoms with van der Waals surface area (Å²) in [4.78, 5) is 0. The third-order valence-corrected chi connectivity index (χ3v) is 3.11. The molecule has 1 rings (SSSR count). The molecule has 0 heterocycles. The number of alkyl halides is 6. The number of halogens is 6. The maximum atomic E-state index is 12.9. The minimum Gasteiger partial charge on any atom is -0.468 e. The Bertz CT molecular complexity index is 564. The fourth-order valence-electron chi connectivity index (χ4n) is 1.42. The second kappa shape index (κ2) is 5.37. The Hall–Kier alpha value is -1.49. The van der Waals surface area contributed by atoms with Crippen molar-refractivity contribution in [3.05, 3.63) is 30.3 Å². The average Bonchev–Trinajstić information content (AvgIpc) is 2.24. The zero-order valence-corrected chi connectivity index (χ0v) is 10.8. The van der Waals surface area contributed by atoms with Crippen LogP contribution in [0.5, 0.6) is 5.75 Å². The summed E-state index contributed by atoms with van der Waals surface area (Å²) in [5.41, 5.74) is -5.07. The molecule has 1 aromatic rings. The van der Waals surface area contributed by atoms with Gasteiger partial charge in [-0.05, 0) is 12.1 Å². The summed E-state index contributed by atoms with van der Waals surface area (Å²) >= 11 is 0. The molecule has 0 unspecified atom stereocenters. The van der Waals surface area contributed by atoms with Crippen LogP contribution >= 0.6 is 0 Å². The maximum Gasteiger partial charge on any atom is 0.438 e. The van der Waals surface area contributed by atoms with Gasteiger partial charge in [-0.25, -0.2) is 0 Å². The number of para-hydroxylation sites is 1. The van der Waals surface area contributed by atoms with Gasteiger partial charge in [0.05, 0.1) is 0 Å². The van der Waals surface area contributed by atoms with Crippen molar-refractivity contribution in [2.24, 2.45) is 0 Å². The van der Waals surface area contributed by atoms with Crippen molar-refractivity contribution in [2.75, 3.05) is 5.75 Å². The van der Waals surface area contributed by atoms with Crippen LogP contribution in [0.25, 0.3) is 0 Å². The van der Waals surface area contributed by atoms with Crippen molar-refractivity contribution < 1.29 is 44.0 Å². The summed E-state index contributed by atoms with van der Waals surface area (Å²) < 4.78 is 111. The van der Waals surface area contributed by atoms with Crippen LogP contribution in [-0.4, -0.2) is 36.7 Å². The van der Waals surface area contributed by atoms with E-state index in [-0.39, 0.29) is 0 Å². The second-order valence-electron chi connectivity index (χ2n) is 3.96. The minimum absolute atomic E-state index is 0.788. The molecule has 0 aliphatic heterocycles. The lowest BCUT2D eigenvalue weighted by molar-refractivity contribution is -0.348. The van der Waals surface area contributed by atoms with Crippen LogP contribution < -0.4 is 4.74 Å². The fourth-order valence-corrected chi connectivity index (χ4v) is 2.32. The lowest BCUT2D eigenvalue weighted by Crippen LogP contribution is -2.64. The van der Waals surface area contributed by atoms with Crippen molar-refractivity contribution >= 4 is 10.1 Å². The topological polar surface area (TPSA) is 63.6 Å². The van der Waals surface area contributed by atoms with E-state index in [9.17, 15) is 34.8 Å². The zero-order valence-electron chi connectivity index (χ0n) is 9.94. The number of hydrogen-bond donors (Lipinski definition) is 1. The lowest BCUT2D eigenvalue weighted by atomic mass is 10.1. The summed E-state index contributed by atoms with van der Waals surface area (Å²) in [6.07, 6.45) is -12.3. The van der Waals surface area contributed by atoms with Gasteiger partial charge in [0, 0.05) is 0 Å². The quantitative estimate of drug-likeness (QED) is 0.677. The largest absolute Gasteiger partial charge is 0.468 e. The highest BCUT2D eigenvalue weighted by Gasteiger charge is 2.75. The van der Waals surface area contributed by atoms with Gasteiger partial charge >= 0.3 is 18.0 Å². The van der Waals surface area contributed by atoms with Crippen LogP contribution in [0.2, 0.25) is 0 Å². The first-order valence-corrected chi connectivity index (χ1v) is 6.72. The Morgan fingerprint density at radius 1 is 0.952 bits per heavy atom. The summed E-state index contributed by atoms with van der Waals surface area (Å²) in [7, 11) is -5.63. The second-order valence-corrected chi connectivity index (χ2v) is 5.42. The van der Waals surface area contributed by atoms with Crippen LogP contribution in [0.1, 0.15) is 0 Å². The maximum absolute atomic E-state index is 12.9. The minimum atomic E-state index is -6.13. The highest BCUT2D eigenvalue weighted by molar-refractivity contribution is 7.85. The monoisotopic (exact) mass is 338 g/mol. The molecule has 120 valence electrons. The summed E-state index contributed by atoms with van der Waals surface area (Å²) in [5.74, 6) is -3.56. The van der Waals surface area contributed by atoms with Crippen LogP contribution in [0.4, 0.5) is 26.3 Å². The molecular formula is C10H8F6O4S. The SMILES string of the molecule is O=S(=O)(O)CC(Oc1ccccc1)(C(F)(F)F)C(F)(F)F. The van der Waals surface area contributed by atoms with Crippen molar-refractivity contribution in [3.63, 3.8) is 0 Å². The fraction of sp³-hybridized carbons (Fsp3) is 0.400. The van der Waals surface area contributed by atoms with E-state index < -0.39 is 39.6 Å². The van der Waals surface area contributed by atoms with Crippen molar-refractivity contribution in [1.29, 1.82) is 0 Å². The van der Waals surface area contributed by atoms with Gasteiger partial charge in [-0.1, -0.05) is 18.2 Å². The van der Waals surface area contributed by atoms with Crippen molar-refractivity contribution in [2.45, 2.75) is 18.0 Å². The van der Waals surface area contributed by atoms with Gasteiger partial charge in [0.1, 0.15) is 11.5 Å². The molecule has 11 heteroatoms. The van der Waals surface area contributed by atoms with Gasteiger partial charge in [0.15, 0.2) is 0 Å². The predicted octanol–water partition coefficient (Wildman–Crippen LogP) is 2.82. The van der Waals surface area contributed by atoms with Crippen LogP contribution in [-0.2, 0) is 10.1 Å². The molecule has 0 aromatic heterocycles. The van der Waals surface area contributed by atoms with E-state index in [0.717, 1.165) is 24.3 Å². The Morgan fingerprint density at radius 2 is 1.38 bits per heavy atom. The van der Waals surface area contributed by atoms with Gasteiger partial charge < -0.3 is 4.74 Å². The third kappa shape index (κ3) is 4.00. The zero-order chi connectivity index (χ0) is 16.5. The van der Waals surface area contributed by atoms with E-state index in [1.807, 2.05) is 0 Å². The first-order chi connectivity index (χ1) is 9.29. The first-order valence-electron chi connectivity index (χ1n) is 5.11. The molecule has 0 spiro atoms. The van der Waals surface area contributed by atoms with Gasteiger partial charge in [0.25, 0.3) is 10.1 Å². The average molecular weight is 338 g/mol. The number of rotatable bonds is 4. The van der Waals surface area contributed by atoms with Crippen LogP contribution in [0.3, 0.4) is 0 Å². The predicted molar refractivity (Wildman–Crippen MR) is 58.3 cm³/mol. The van der Waals surface area contributed by atoms with Crippen molar-refractivity contribution in [1.82, 2.24) is 0 Å². The molecule has 0 amide bonds. The van der Waals surface area contributed by atoms with E-state index in [4.69, 9.17) is 4.55 Å². The Kier molecular flexibility index (Phi) is 4.49. The Labute approximate surface area is 115 Å². The molecular weight excluding hydrogens is 330 g/mol. The molecule has 1 aromatic carbocycles. The number of benzene rings is 1. The molecule has 0 bridgehead atoms. The lowest BCUT2D eigenvalue weighted by Gasteiger charge is -2.36. The van der Waals surface area contributed by atoms with Gasteiger partial charge in [-0.3, -0.25) is 4.55 Å². The summed E-state index contributed by atoms with van der Waals surface area (Å²) in [6.45, 7) is 0. The highest BCUT2D eigenvalue weighted by atomic mass is 32.2. The van der Waals surface area contributed by atoms with E-state index in [1.165, 1.54) is 6.07 Å². The van der Waals surface area contributed by atoms with Crippen LogP contribution in [0, 0.1) is 0 Å². The molecule has 0 fully saturated rings. The smallest absolute Gasteiger partial charge is 0.438 e. The molecule has 1 N–H and O–H groups in total. The summed E-state index contributed by atoms with van der Waals surface area (Å²) in [5, 5.41) is 0. The van der Waals surface area contributed by atoms with E-state index in [0.29, 0.717) is 0 Å². The molecule has 0 saturated carbocycles. The molecule has 0 atom stereocenters. The molecule has 0 aliphatic rings. The first kappa shape index (κ1) is 17.6. The van der Waals surface area contributed by atoms with Gasteiger partial charge in [0.2, 0.25) is 0 Å². The highest BCUT2D eigenvalue weighted by Crippen LogP contribution is 2.46. The molecule has 0 aliphatic carbocycles. The number of ether oxygens (including phenoxy) is 1. The summed E-state index contributed by atoms with van der Waals surface area (Å²) in [6, 6.07) is 5.07. The van der Waals surface area contributed by atoms with E-state index in [2.05, 4.69) is 4.74 Å². The normalized spacial score (nSPS) is 14.0. The molecule has 4 nitrogen and oxygen atoms in total. The van der Waals surface area contributed by atoms with E-state index in [1.54, 1.807) is 0 Å². The van der Waals surface area contributed by atoms with Gasteiger partial charge in [-0.15, -0.1) is 0 Å². The Balaban J connectivity index is 3.45. The standard InChI is InChI=1S/C10H8F6O4S/c11-9(12,13)8(10(14,15)16,6-21(17,18)19)20-7-4-2-1-3-5-7/h1-5H,6H2,(H,17,18,19). The molecule has 0 saturated heterocycles. The molecule has 0 radical (unpaired) electrons.